The van der Waals surface area contributed by atoms with E-state index in [4.69, 9.17) is 4.74 Å². The van der Waals surface area contributed by atoms with Gasteiger partial charge < -0.3 is 15.4 Å². The van der Waals surface area contributed by atoms with Crippen LogP contribution >= 0.6 is 0 Å². The minimum atomic E-state index is -0.434. The molecule has 0 fully saturated rings. The largest absolute Gasteiger partial charge is 0.380 e. The van der Waals surface area contributed by atoms with E-state index in [2.05, 4.69) is 10.6 Å². The Balaban J connectivity index is 2.35. The quantitative estimate of drug-likeness (QED) is 0.729. The van der Waals surface area contributed by atoms with Crippen LogP contribution in [0.25, 0.3) is 0 Å². The van der Waals surface area contributed by atoms with Crippen LogP contribution in [-0.4, -0.2) is 25.7 Å². The van der Waals surface area contributed by atoms with Gasteiger partial charge >= 0.3 is 0 Å². The SMILES string of the molecule is COC1CNc2c(C)cccc2NC1=O. The molecule has 0 aliphatic carbocycles. The topological polar surface area (TPSA) is 50.4 Å². The third-order valence-corrected chi connectivity index (χ3v) is 2.57. The zero-order valence-corrected chi connectivity index (χ0v) is 8.83. The fourth-order valence-electron chi connectivity index (χ4n) is 1.70. The van der Waals surface area contributed by atoms with E-state index in [0.29, 0.717) is 6.54 Å². The van der Waals surface area contributed by atoms with Crippen LogP contribution in [0.5, 0.6) is 0 Å². The molecular formula is C11H14N2O2. The number of carbonyl (C=O) groups is 1. The molecule has 2 rings (SSSR count). The summed E-state index contributed by atoms with van der Waals surface area (Å²) in [5.74, 6) is -0.102. The number of aryl methyl sites for hydroxylation is 1. The van der Waals surface area contributed by atoms with Gasteiger partial charge in [-0.15, -0.1) is 0 Å². The molecule has 1 aliphatic rings. The van der Waals surface area contributed by atoms with Gasteiger partial charge in [0, 0.05) is 7.11 Å². The first-order valence-electron chi connectivity index (χ1n) is 4.89. The van der Waals surface area contributed by atoms with Crippen molar-refractivity contribution in [2.75, 3.05) is 24.3 Å². The van der Waals surface area contributed by atoms with Gasteiger partial charge in [0.15, 0.2) is 6.10 Å². The maximum atomic E-state index is 11.6. The molecule has 0 spiro atoms. The highest BCUT2D eigenvalue weighted by atomic mass is 16.5. The van der Waals surface area contributed by atoms with Gasteiger partial charge in [-0.1, -0.05) is 12.1 Å². The molecule has 1 amide bonds. The van der Waals surface area contributed by atoms with E-state index in [9.17, 15) is 4.79 Å². The Labute approximate surface area is 88.6 Å². The summed E-state index contributed by atoms with van der Waals surface area (Å²) in [4.78, 5) is 11.6. The van der Waals surface area contributed by atoms with E-state index in [1.54, 1.807) is 0 Å². The van der Waals surface area contributed by atoms with Crippen LogP contribution in [0.3, 0.4) is 0 Å². The Morgan fingerprint density at radius 3 is 3.00 bits per heavy atom. The molecule has 1 atom stereocenters. The van der Waals surface area contributed by atoms with Crippen molar-refractivity contribution in [3.63, 3.8) is 0 Å². The number of anilines is 2. The number of nitrogens with one attached hydrogen (secondary N) is 2. The Hall–Kier alpha value is -1.55. The van der Waals surface area contributed by atoms with Crippen LogP contribution in [-0.2, 0) is 9.53 Å². The van der Waals surface area contributed by atoms with Crippen molar-refractivity contribution >= 4 is 17.3 Å². The maximum Gasteiger partial charge on any atom is 0.255 e. The van der Waals surface area contributed by atoms with Crippen molar-refractivity contribution in [2.45, 2.75) is 13.0 Å². The smallest absolute Gasteiger partial charge is 0.255 e. The average molecular weight is 206 g/mol. The zero-order valence-electron chi connectivity index (χ0n) is 8.83. The fraction of sp³-hybridized carbons (Fsp3) is 0.364. The lowest BCUT2D eigenvalue weighted by Gasteiger charge is -2.10. The molecule has 0 aromatic heterocycles. The molecule has 1 aliphatic heterocycles. The number of fused-ring (bicyclic) bond motifs is 1. The molecule has 4 heteroatoms. The van der Waals surface area contributed by atoms with Crippen LogP contribution in [0.4, 0.5) is 11.4 Å². The molecule has 2 N–H and O–H groups in total. The lowest BCUT2D eigenvalue weighted by atomic mass is 10.1. The summed E-state index contributed by atoms with van der Waals surface area (Å²) in [7, 11) is 1.54. The lowest BCUT2D eigenvalue weighted by Crippen LogP contribution is -2.32. The first-order valence-corrected chi connectivity index (χ1v) is 4.89. The Morgan fingerprint density at radius 2 is 2.27 bits per heavy atom. The number of methoxy groups -OCH3 is 1. The van der Waals surface area contributed by atoms with Crippen molar-refractivity contribution in [3.8, 4) is 0 Å². The second-order valence-electron chi connectivity index (χ2n) is 3.59. The second kappa shape index (κ2) is 3.90. The van der Waals surface area contributed by atoms with Crippen molar-refractivity contribution in [1.82, 2.24) is 0 Å². The monoisotopic (exact) mass is 206 g/mol. The first kappa shape index (κ1) is 9.98. The van der Waals surface area contributed by atoms with Crippen molar-refractivity contribution < 1.29 is 9.53 Å². The Bertz CT molecular complexity index is 390. The number of para-hydroxylation sites is 1. The number of amides is 1. The third-order valence-electron chi connectivity index (χ3n) is 2.57. The number of hydrogen-bond acceptors (Lipinski definition) is 3. The summed E-state index contributed by atoms with van der Waals surface area (Å²) < 4.78 is 5.08. The maximum absolute atomic E-state index is 11.6. The minimum Gasteiger partial charge on any atom is -0.380 e. The van der Waals surface area contributed by atoms with Crippen molar-refractivity contribution in [3.05, 3.63) is 23.8 Å². The van der Waals surface area contributed by atoms with Crippen molar-refractivity contribution in [1.29, 1.82) is 0 Å². The van der Waals surface area contributed by atoms with Gasteiger partial charge in [-0.05, 0) is 18.6 Å². The van der Waals surface area contributed by atoms with Crippen LogP contribution in [0.15, 0.2) is 18.2 Å². The lowest BCUT2D eigenvalue weighted by molar-refractivity contribution is -0.124. The van der Waals surface area contributed by atoms with E-state index in [1.807, 2.05) is 25.1 Å². The Kier molecular flexibility index (Phi) is 2.60. The number of rotatable bonds is 1. The Morgan fingerprint density at radius 1 is 1.47 bits per heavy atom. The summed E-state index contributed by atoms with van der Waals surface area (Å²) in [6.07, 6.45) is -0.434. The van der Waals surface area contributed by atoms with Gasteiger partial charge in [-0.3, -0.25) is 4.79 Å². The standard InChI is InChI=1S/C11H14N2O2/c1-7-4-3-5-8-10(7)12-6-9(15-2)11(14)13-8/h3-5,9,12H,6H2,1-2H3,(H,13,14). The van der Waals surface area contributed by atoms with E-state index < -0.39 is 6.10 Å². The number of benzene rings is 1. The molecule has 0 radical (unpaired) electrons. The molecular weight excluding hydrogens is 192 g/mol. The predicted molar refractivity (Wildman–Crippen MR) is 59.1 cm³/mol. The van der Waals surface area contributed by atoms with Gasteiger partial charge in [0.2, 0.25) is 0 Å². The predicted octanol–water partition coefficient (Wildman–Crippen LogP) is 1.37. The molecule has 1 aromatic carbocycles. The highest BCUT2D eigenvalue weighted by Gasteiger charge is 2.23. The zero-order chi connectivity index (χ0) is 10.8. The normalized spacial score (nSPS) is 19.9. The van der Waals surface area contributed by atoms with E-state index >= 15 is 0 Å². The average Bonchev–Trinajstić information content (AvgIpc) is 2.37. The van der Waals surface area contributed by atoms with Crippen LogP contribution in [0.2, 0.25) is 0 Å². The van der Waals surface area contributed by atoms with Gasteiger partial charge in [-0.25, -0.2) is 0 Å². The highest BCUT2D eigenvalue weighted by Crippen LogP contribution is 2.27. The summed E-state index contributed by atoms with van der Waals surface area (Å²) in [5, 5.41) is 6.05. The molecule has 0 saturated carbocycles. The summed E-state index contributed by atoms with van der Waals surface area (Å²) in [5.41, 5.74) is 2.91. The molecule has 1 unspecified atom stereocenters. The number of hydrogen-bond donors (Lipinski definition) is 2. The van der Waals surface area contributed by atoms with Gasteiger partial charge in [0.25, 0.3) is 5.91 Å². The molecule has 15 heavy (non-hydrogen) atoms. The summed E-state index contributed by atoms with van der Waals surface area (Å²) in [6.45, 7) is 2.51. The van der Waals surface area contributed by atoms with Gasteiger partial charge in [0.1, 0.15) is 0 Å². The minimum absolute atomic E-state index is 0.102. The van der Waals surface area contributed by atoms with E-state index in [-0.39, 0.29) is 5.91 Å². The highest BCUT2D eigenvalue weighted by molar-refractivity contribution is 5.99. The molecule has 0 saturated heterocycles. The first-order chi connectivity index (χ1) is 7.22. The van der Waals surface area contributed by atoms with E-state index in [0.717, 1.165) is 16.9 Å². The molecule has 0 bridgehead atoms. The molecule has 80 valence electrons. The van der Waals surface area contributed by atoms with Crippen LogP contribution < -0.4 is 10.6 Å². The third kappa shape index (κ3) is 1.80. The number of carbonyl (C=O) groups excluding carboxylic acids is 1. The fourth-order valence-corrected chi connectivity index (χ4v) is 1.70. The van der Waals surface area contributed by atoms with E-state index in [1.165, 1.54) is 7.11 Å². The second-order valence-corrected chi connectivity index (χ2v) is 3.59. The van der Waals surface area contributed by atoms with Crippen LogP contribution in [0, 0.1) is 6.92 Å². The summed E-state index contributed by atoms with van der Waals surface area (Å²) in [6, 6.07) is 5.81. The molecule has 1 heterocycles. The van der Waals surface area contributed by atoms with Crippen LogP contribution in [0.1, 0.15) is 5.56 Å². The van der Waals surface area contributed by atoms with Crippen molar-refractivity contribution in [2.24, 2.45) is 0 Å². The summed E-state index contributed by atoms with van der Waals surface area (Å²) >= 11 is 0. The molecule has 4 nitrogen and oxygen atoms in total. The number of ether oxygens (including phenoxy) is 1. The van der Waals surface area contributed by atoms with Gasteiger partial charge in [-0.2, -0.15) is 0 Å². The van der Waals surface area contributed by atoms with Gasteiger partial charge in [0.05, 0.1) is 17.9 Å². The molecule has 1 aromatic rings.